The smallest absolute Gasteiger partial charge is 0.226 e. The quantitative estimate of drug-likeness (QED) is 0.822. The van der Waals surface area contributed by atoms with Gasteiger partial charge in [0.2, 0.25) is 5.91 Å². The van der Waals surface area contributed by atoms with Crippen molar-refractivity contribution in [3.8, 4) is 11.3 Å². The van der Waals surface area contributed by atoms with Crippen LogP contribution in [0.2, 0.25) is 0 Å². The molecule has 2 aromatic rings. The van der Waals surface area contributed by atoms with Crippen LogP contribution in [0.5, 0.6) is 0 Å². The van der Waals surface area contributed by atoms with Crippen molar-refractivity contribution in [1.29, 1.82) is 0 Å². The summed E-state index contributed by atoms with van der Waals surface area (Å²) < 4.78 is 0. The number of anilines is 2. The molecule has 22 heavy (non-hydrogen) atoms. The number of benzene rings is 1. The Morgan fingerprint density at radius 3 is 2.55 bits per heavy atom. The van der Waals surface area contributed by atoms with Crippen LogP contribution in [0.4, 0.5) is 10.8 Å². The largest absolute Gasteiger partial charge is 0.362 e. The summed E-state index contributed by atoms with van der Waals surface area (Å²) in [5.74, 6) is 0.0105. The molecule has 0 fully saturated rings. The van der Waals surface area contributed by atoms with Gasteiger partial charge < -0.3 is 10.6 Å². The monoisotopic (exact) mass is 317 g/mol. The maximum Gasteiger partial charge on any atom is 0.226 e. The molecule has 5 heteroatoms. The first-order valence-electron chi connectivity index (χ1n) is 7.63. The Kier molecular flexibility index (Phi) is 5.55. The minimum absolute atomic E-state index is 0.0207. The zero-order valence-electron chi connectivity index (χ0n) is 13.6. The van der Waals surface area contributed by atoms with E-state index in [-0.39, 0.29) is 11.8 Å². The van der Waals surface area contributed by atoms with Crippen molar-refractivity contribution in [2.75, 3.05) is 17.2 Å². The molecule has 1 aromatic carbocycles. The lowest BCUT2D eigenvalue weighted by Crippen LogP contribution is -2.17. The van der Waals surface area contributed by atoms with Gasteiger partial charge in [0.1, 0.15) is 0 Å². The molecule has 0 saturated heterocycles. The van der Waals surface area contributed by atoms with E-state index in [0.717, 1.165) is 35.0 Å². The van der Waals surface area contributed by atoms with E-state index in [0.29, 0.717) is 0 Å². The maximum absolute atomic E-state index is 11.7. The van der Waals surface area contributed by atoms with E-state index >= 15 is 0 Å². The standard InChI is InChI=1S/C17H23N3OS/c1-5-10-18-17-20-15(12(4)22-17)13-6-8-14(9-7-13)19-16(21)11(2)3/h6-9,11H,5,10H2,1-4H3,(H,18,20)(H,19,21). The molecule has 0 saturated carbocycles. The predicted molar refractivity (Wildman–Crippen MR) is 94.5 cm³/mol. The first kappa shape index (κ1) is 16.5. The van der Waals surface area contributed by atoms with Crippen LogP contribution >= 0.6 is 11.3 Å². The fraction of sp³-hybridized carbons (Fsp3) is 0.412. The number of nitrogens with zero attached hydrogens (tertiary/aromatic N) is 1. The van der Waals surface area contributed by atoms with Gasteiger partial charge in [0, 0.05) is 28.6 Å². The molecular weight excluding hydrogens is 294 g/mol. The molecule has 118 valence electrons. The molecule has 0 spiro atoms. The fourth-order valence-electron chi connectivity index (χ4n) is 1.97. The van der Waals surface area contributed by atoms with E-state index in [4.69, 9.17) is 0 Å². The van der Waals surface area contributed by atoms with Gasteiger partial charge in [-0.05, 0) is 25.5 Å². The molecule has 0 aliphatic carbocycles. The summed E-state index contributed by atoms with van der Waals surface area (Å²) in [6.07, 6.45) is 1.08. The van der Waals surface area contributed by atoms with Crippen LogP contribution < -0.4 is 10.6 Å². The molecule has 0 bridgehead atoms. The van der Waals surface area contributed by atoms with Crippen LogP contribution in [0.15, 0.2) is 24.3 Å². The molecule has 0 unspecified atom stereocenters. The van der Waals surface area contributed by atoms with Crippen LogP contribution in [0.1, 0.15) is 32.1 Å². The number of aromatic nitrogens is 1. The van der Waals surface area contributed by atoms with Gasteiger partial charge in [-0.2, -0.15) is 0 Å². The predicted octanol–water partition coefficient (Wildman–Crippen LogP) is 4.53. The van der Waals surface area contributed by atoms with Gasteiger partial charge in [-0.25, -0.2) is 4.98 Å². The average molecular weight is 317 g/mol. The third-order valence-corrected chi connectivity index (χ3v) is 4.20. The van der Waals surface area contributed by atoms with Crippen molar-refractivity contribution < 1.29 is 4.79 Å². The first-order chi connectivity index (χ1) is 10.5. The van der Waals surface area contributed by atoms with Gasteiger partial charge in [-0.3, -0.25) is 4.79 Å². The van der Waals surface area contributed by atoms with E-state index in [1.807, 2.05) is 38.1 Å². The van der Waals surface area contributed by atoms with E-state index in [1.54, 1.807) is 11.3 Å². The molecule has 0 aliphatic heterocycles. The van der Waals surface area contributed by atoms with Crippen LogP contribution in [0, 0.1) is 12.8 Å². The Morgan fingerprint density at radius 2 is 1.95 bits per heavy atom. The number of hydrogen-bond donors (Lipinski definition) is 2. The van der Waals surface area contributed by atoms with Gasteiger partial charge in [-0.1, -0.05) is 32.9 Å². The molecule has 4 nitrogen and oxygen atoms in total. The molecule has 0 aliphatic rings. The highest BCUT2D eigenvalue weighted by Gasteiger charge is 2.11. The van der Waals surface area contributed by atoms with Crippen LogP contribution in [0.25, 0.3) is 11.3 Å². The second-order valence-corrected chi connectivity index (χ2v) is 6.78. The van der Waals surface area contributed by atoms with Gasteiger partial charge in [0.15, 0.2) is 5.13 Å². The number of hydrogen-bond acceptors (Lipinski definition) is 4. The lowest BCUT2D eigenvalue weighted by molar-refractivity contribution is -0.118. The van der Waals surface area contributed by atoms with Gasteiger partial charge in [0.25, 0.3) is 0 Å². The lowest BCUT2D eigenvalue weighted by Gasteiger charge is -2.08. The van der Waals surface area contributed by atoms with Crippen molar-refractivity contribution in [1.82, 2.24) is 4.98 Å². The number of carbonyl (C=O) groups is 1. The minimum atomic E-state index is -0.0207. The van der Waals surface area contributed by atoms with E-state index < -0.39 is 0 Å². The van der Waals surface area contributed by atoms with Crippen LogP contribution in [-0.4, -0.2) is 17.4 Å². The Morgan fingerprint density at radius 1 is 1.27 bits per heavy atom. The maximum atomic E-state index is 11.7. The van der Waals surface area contributed by atoms with Crippen LogP contribution in [0.3, 0.4) is 0 Å². The van der Waals surface area contributed by atoms with E-state index in [9.17, 15) is 4.79 Å². The van der Waals surface area contributed by atoms with Crippen molar-refractivity contribution >= 4 is 28.1 Å². The molecule has 1 aromatic heterocycles. The molecule has 1 amide bonds. The summed E-state index contributed by atoms with van der Waals surface area (Å²) in [6, 6.07) is 7.85. The zero-order valence-corrected chi connectivity index (χ0v) is 14.4. The summed E-state index contributed by atoms with van der Waals surface area (Å²) in [7, 11) is 0. The van der Waals surface area contributed by atoms with E-state index in [1.165, 1.54) is 4.88 Å². The van der Waals surface area contributed by atoms with Gasteiger partial charge in [0.05, 0.1) is 5.69 Å². The topological polar surface area (TPSA) is 54.0 Å². The highest BCUT2D eigenvalue weighted by atomic mass is 32.1. The molecule has 0 radical (unpaired) electrons. The number of aryl methyl sites for hydroxylation is 1. The summed E-state index contributed by atoms with van der Waals surface area (Å²) in [6.45, 7) is 8.92. The number of amides is 1. The number of rotatable bonds is 6. The SMILES string of the molecule is CCCNc1nc(-c2ccc(NC(=O)C(C)C)cc2)c(C)s1. The van der Waals surface area contributed by atoms with Crippen molar-refractivity contribution in [3.63, 3.8) is 0 Å². The molecule has 2 rings (SSSR count). The first-order valence-corrected chi connectivity index (χ1v) is 8.45. The van der Waals surface area contributed by atoms with Crippen molar-refractivity contribution in [2.24, 2.45) is 5.92 Å². The summed E-state index contributed by atoms with van der Waals surface area (Å²) in [5, 5.41) is 7.19. The highest BCUT2D eigenvalue weighted by molar-refractivity contribution is 7.16. The Labute approximate surface area is 136 Å². The average Bonchev–Trinajstić information content (AvgIpc) is 2.87. The summed E-state index contributed by atoms with van der Waals surface area (Å²) in [4.78, 5) is 17.5. The highest BCUT2D eigenvalue weighted by Crippen LogP contribution is 2.31. The molecule has 1 heterocycles. The Balaban J connectivity index is 2.13. The number of carbonyl (C=O) groups excluding carboxylic acids is 1. The third-order valence-electron chi connectivity index (χ3n) is 3.27. The van der Waals surface area contributed by atoms with Gasteiger partial charge >= 0.3 is 0 Å². The summed E-state index contributed by atoms with van der Waals surface area (Å²) >= 11 is 1.68. The Hall–Kier alpha value is -1.88. The molecule has 2 N–H and O–H groups in total. The fourth-order valence-corrected chi connectivity index (χ4v) is 2.83. The normalized spacial score (nSPS) is 10.8. The Bertz CT molecular complexity index is 632. The molecular formula is C17H23N3OS. The van der Waals surface area contributed by atoms with Crippen molar-refractivity contribution in [3.05, 3.63) is 29.1 Å². The lowest BCUT2D eigenvalue weighted by atomic mass is 10.1. The minimum Gasteiger partial charge on any atom is -0.362 e. The zero-order chi connectivity index (χ0) is 16.1. The number of thiazole rings is 1. The number of nitrogens with one attached hydrogen (secondary N) is 2. The molecule has 0 atom stereocenters. The third kappa shape index (κ3) is 4.07. The van der Waals surface area contributed by atoms with Crippen molar-refractivity contribution in [2.45, 2.75) is 34.1 Å². The second-order valence-electron chi connectivity index (χ2n) is 5.57. The van der Waals surface area contributed by atoms with Crippen LogP contribution in [-0.2, 0) is 4.79 Å². The van der Waals surface area contributed by atoms with Gasteiger partial charge in [-0.15, -0.1) is 11.3 Å². The second kappa shape index (κ2) is 7.40. The summed E-state index contributed by atoms with van der Waals surface area (Å²) in [5.41, 5.74) is 2.89. The van der Waals surface area contributed by atoms with E-state index in [2.05, 4.69) is 29.5 Å².